The summed E-state index contributed by atoms with van der Waals surface area (Å²) in [4.78, 5) is 0. The Labute approximate surface area is 61.6 Å². The highest BCUT2D eigenvalue weighted by Crippen LogP contribution is 2.54. The molecule has 2 aliphatic carbocycles. The van der Waals surface area contributed by atoms with E-state index in [4.69, 9.17) is 11.6 Å². The van der Waals surface area contributed by atoms with Gasteiger partial charge in [0.1, 0.15) is 0 Å². The molecule has 0 amide bonds. The maximum absolute atomic E-state index is 5.92. The predicted molar refractivity (Wildman–Crippen MR) is 39.8 cm³/mol. The van der Waals surface area contributed by atoms with E-state index in [-0.39, 0.29) is 0 Å². The molecular formula is C8H13Cl. The molecular weight excluding hydrogens is 132 g/mol. The molecule has 52 valence electrons. The highest BCUT2D eigenvalue weighted by Gasteiger charge is 2.44. The predicted octanol–water partition coefficient (Wildman–Crippen LogP) is 2.95. The minimum absolute atomic E-state index is 0.531. The lowest BCUT2D eigenvalue weighted by molar-refractivity contribution is 0.150. The Morgan fingerprint density at radius 1 is 1.11 bits per heavy atom. The molecule has 0 unspecified atom stereocenters. The molecule has 9 heavy (non-hydrogen) atoms. The van der Waals surface area contributed by atoms with Crippen molar-refractivity contribution in [2.24, 2.45) is 5.41 Å². The van der Waals surface area contributed by atoms with Crippen molar-refractivity contribution < 1.29 is 0 Å². The van der Waals surface area contributed by atoms with E-state index in [1.165, 1.54) is 38.5 Å². The van der Waals surface area contributed by atoms with Gasteiger partial charge in [0.25, 0.3) is 0 Å². The average molecular weight is 145 g/mol. The lowest BCUT2D eigenvalue weighted by Gasteiger charge is -2.42. The molecule has 0 nitrogen and oxygen atoms in total. The molecule has 0 atom stereocenters. The van der Waals surface area contributed by atoms with Gasteiger partial charge in [-0.25, -0.2) is 0 Å². The van der Waals surface area contributed by atoms with Gasteiger partial charge < -0.3 is 0 Å². The topological polar surface area (TPSA) is 0 Å². The molecule has 0 aliphatic heterocycles. The van der Waals surface area contributed by atoms with Crippen LogP contribution in [0.3, 0.4) is 0 Å². The van der Waals surface area contributed by atoms with Crippen molar-refractivity contribution >= 4 is 11.6 Å². The van der Waals surface area contributed by atoms with Crippen LogP contribution in [-0.4, -0.2) is 5.38 Å². The fourth-order valence-corrected chi connectivity index (χ4v) is 3.07. The molecule has 0 radical (unpaired) electrons. The summed E-state index contributed by atoms with van der Waals surface area (Å²) >= 11 is 5.92. The first-order chi connectivity index (χ1) is 4.31. The van der Waals surface area contributed by atoms with Crippen LogP contribution in [0.2, 0.25) is 0 Å². The van der Waals surface area contributed by atoms with E-state index in [0.29, 0.717) is 5.38 Å². The molecule has 0 aromatic carbocycles. The van der Waals surface area contributed by atoms with Crippen molar-refractivity contribution in [3.8, 4) is 0 Å². The van der Waals surface area contributed by atoms with Gasteiger partial charge in [0.05, 0.1) is 0 Å². The Morgan fingerprint density at radius 2 is 1.67 bits per heavy atom. The minimum atomic E-state index is 0.531. The highest BCUT2D eigenvalue weighted by molar-refractivity contribution is 6.21. The van der Waals surface area contributed by atoms with Gasteiger partial charge in [0.2, 0.25) is 0 Å². The second-order valence-corrected chi connectivity index (χ2v) is 4.33. The molecule has 0 aromatic heterocycles. The standard InChI is InChI=1S/C8H13Cl/c9-7-5-8(6-7)3-1-2-4-8/h7H,1-6H2. The van der Waals surface area contributed by atoms with E-state index >= 15 is 0 Å². The zero-order chi connectivity index (χ0) is 6.32. The quantitative estimate of drug-likeness (QED) is 0.459. The third-order valence-corrected chi connectivity index (χ3v) is 3.28. The largest absolute Gasteiger partial charge is 0.123 e. The minimum Gasteiger partial charge on any atom is -0.123 e. The summed E-state index contributed by atoms with van der Waals surface area (Å²) in [5, 5.41) is 0.531. The van der Waals surface area contributed by atoms with Crippen molar-refractivity contribution in [2.75, 3.05) is 0 Å². The average Bonchev–Trinajstić information content (AvgIpc) is 2.12. The summed E-state index contributed by atoms with van der Waals surface area (Å²) in [6.07, 6.45) is 8.49. The zero-order valence-electron chi connectivity index (χ0n) is 5.70. The first-order valence-corrected chi connectivity index (χ1v) is 4.39. The van der Waals surface area contributed by atoms with Crippen LogP contribution in [0.25, 0.3) is 0 Å². The van der Waals surface area contributed by atoms with Gasteiger partial charge in [-0.05, 0) is 31.1 Å². The Balaban J connectivity index is 1.95. The van der Waals surface area contributed by atoms with E-state index in [1.54, 1.807) is 0 Å². The molecule has 1 spiro atoms. The smallest absolute Gasteiger partial charge is 0.0346 e. The van der Waals surface area contributed by atoms with Crippen molar-refractivity contribution in [3.63, 3.8) is 0 Å². The Kier molecular flexibility index (Phi) is 1.26. The first-order valence-electron chi connectivity index (χ1n) is 3.95. The van der Waals surface area contributed by atoms with Crippen molar-refractivity contribution in [3.05, 3.63) is 0 Å². The molecule has 0 heterocycles. The van der Waals surface area contributed by atoms with Crippen molar-refractivity contribution in [1.82, 2.24) is 0 Å². The number of halogens is 1. The Bertz CT molecular complexity index is 106. The Morgan fingerprint density at radius 3 is 2.11 bits per heavy atom. The van der Waals surface area contributed by atoms with Gasteiger partial charge in [-0.2, -0.15) is 0 Å². The van der Waals surface area contributed by atoms with Gasteiger partial charge in [0.15, 0.2) is 0 Å². The van der Waals surface area contributed by atoms with E-state index in [2.05, 4.69) is 0 Å². The monoisotopic (exact) mass is 144 g/mol. The maximum atomic E-state index is 5.92. The highest BCUT2D eigenvalue weighted by atomic mass is 35.5. The van der Waals surface area contributed by atoms with Crippen LogP contribution in [0.1, 0.15) is 38.5 Å². The van der Waals surface area contributed by atoms with Gasteiger partial charge >= 0.3 is 0 Å². The van der Waals surface area contributed by atoms with Gasteiger partial charge in [-0.1, -0.05) is 12.8 Å². The van der Waals surface area contributed by atoms with E-state index in [1.807, 2.05) is 0 Å². The van der Waals surface area contributed by atoms with E-state index in [0.717, 1.165) is 5.41 Å². The normalized spacial score (nSPS) is 33.0. The van der Waals surface area contributed by atoms with Crippen LogP contribution in [0.5, 0.6) is 0 Å². The summed E-state index contributed by atoms with van der Waals surface area (Å²) in [5.41, 5.74) is 0.756. The van der Waals surface area contributed by atoms with Crippen molar-refractivity contribution in [2.45, 2.75) is 43.9 Å². The molecule has 0 bridgehead atoms. The molecule has 1 heteroatoms. The van der Waals surface area contributed by atoms with Gasteiger partial charge in [-0.3, -0.25) is 0 Å². The number of hydrogen-bond acceptors (Lipinski definition) is 0. The number of alkyl halides is 1. The summed E-state index contributed by atoms with van der Waals surface area (Å²) in [5.74, 6) is 0. The second-order valence-electron chi connectivity index (χ2n) is 3.71. The molecule has 2 fully saturated rings. The zero-order valence-corrected chi connectivity index (χ0v) is 6.45. The van der Waals surface area contributed by atoms with Crippen LogP contribution >= 0.6 is 11.6 Å². The fraction of sp³-hybridized carbons (Fsp3) is 1.00. The third-order valence-electron chi connectivity index (χ3n) is 2.97. The Hall–Kier alpha value is 0.290. The molecule has 2 rings (SSSR count). The molecule has 0 N–H and O–H groups in total. The summed E-state index contributed by atoms with van der Waals surface area (Å²) in [6.45, 7) is 0. The summed E-state index contributed by atoms with van der Waals surface area (Å²) in [6, 6.07) is 0. The van der Waals surface area contributed by atoms with Gasteiger partial charge in [0, 0.05) is 5.38 Å². The first kappa shape index (κ1) is 6.03. The second kappa shape index (κ2) is 1.88. The van der Waals surface area contributed by atoms with E-state index < -0.39 is 0 Å². The number of rotatable bonds is 0. The lowest BCUT2D eigenvalue weighted by Crippen LogP contribution is -2.35. The fourth-order valence-electron chi connectivity index (χ4n) is 2.41. The van der Waals surface area contributed by atoms with Crippen LogP contribution in [0.4, 0.5) is 0 Å². The maximum Gasteiger partial charge on any atom is 0.0346 e. The molecule has 0 aromatic rings. The van der Waals surface area contributed by atoms with Crippen LogP contribution in [0.15, 0.2) is 0 Å². The third kappa shape index (κ3) is 0.881. The van der Waals surface area contributed by atoms with Gasteiger partial charge in [-0.15, -0.1) is 11.6 Å². The van der Waals surface area contributed by atoms with E-state index in [9.17, 15) is 0 Å². The van der Waals surface area contributed by atoms with Crippen LogP contribution < -0.4 is 0 Å². The summed E-state index contributed by atoms with van der Waals surface area (Å²) < 4.78 is 0. The molecule has 2 saturated carbocycles. The molecule has 2 aliphatic rings. The van der Waals surface area contributed by atoms with Crippen LogP contribution in [0, 0.1) is 5.41 Å². The SMILES string of the molecule is ClC1CC2(CCCC2)C1. The van der Waals surface area contributed by atoms with Crippen LogP contribution in [-0.2, 0) is 0 Å². The number of hydrogen-bond donors (Lipinski definition) is 0. The lowest BCUT2D eigenvalue weighted by atomic mass is 9.67. The summed E-state index contributed by atoms with van der Waals surface area (Å²) in [7, 11) is 0. The molecule has 0 saturated heterocycles. The van der Waals surface area contributed by atoms with Crippen molar-refractivity contribution in [1.29, 1.82) is 0 Å².